The smallest absolute Gasteiger partial charge is 0.240 e. The van der Waals surface area contributed by atoms with Crippen LogP contribution in [0.1, 0.15) is 11.1 Å². The molecule has 1 aromatic rings. The zero-order chi connectivity index (χ0) is 15.2. The summed E-state index contributed by atoms with van der Waals surface area (Å²) in [5, 5.41) is 0. The Morgan fingerprint density at radius 1 is 1.40 bits per heavy atom. The van der Waals surface area contributed by atoms with E-state index in [2.05, 4.69) is 16.6 Å². The van der Waals surface area contributed by atoms with Crippen molar-refractivity contribution in [2.45, 2.75) is 11.8 Å². The van der Waals surface area contributed by atoms with E-state index in [1.807, 2.05) is 0 Å². The molecule has 0 saturated heterocycles. The Labute approximate surface area is 122 Å². The second kappa shape index (κ2) is 7.55. The molecule has 0 aliphatic heterocycles. The number of hydrogen-bond donors (Lipinski definition) is 2. The highest BCUT2D eigenvalue weighted by Gasteiger charge is 2.16. The lowest BCUT2D eigenvalue weighted by molar-refractivity contribution is 0.583. The summed E-state index contributed by atoms with van der Waals surface area (Å²) in [5.74, 6) is 5.77. The lowest BCUT2D eigenvalue weighted by atomic mass is 10.1. The van der Waals surface area contributed by atoms with Gasteiger partial charge in [-0.3, -0.25) is 4.21 Å². The Hall–Kier alpha value is -1.20. The van der Waals surface area contributed by atoms with Gasteiger partial charge >= 0.3 is 0 Å². The standard InChI is InChI=1S/C13H18N2O3S2/c1-11-5-6-12(4-3-7-14)10-13(11)20(17,18)15-8-9-19(2)16/h5-6,10,15H,7-9,14H2,1-2H3. The fraction of sp³-hybridized carbons (Fsp3) is 0.385. The van der Waals surface area contributed by atoms with Gasteiger partial charge in [0.15, 0.2) is 0 Å². The van der Waals surface area contributed by atoms with E-state index in [4.69, 9.17) is 5.73 Å². The zero-order valence-corrected chi connectivity index (χ0v) is 13.1. The highest BCUT2D eigenvalue weighted by molar-refractivity contribution is 7.89. The molecule has 20 heavy (non-hydrogen) atoms. The van der Waals surface area contributed by atoms with Crippen LogP contribution in [0.4, 0.5) is 0 Å². The predicted molar refractivity (Wildman–Crippen MR) is 81.2 cm³/mol. The highest BCUT2D eigenvalue weighted by Crippen LogP contribution is 2.16. The molecular formula is C13H18N2O3S2. The minimum Gasteiger partial charge on any atom is -0.320 e. The van der Waals surface area contributed by atoms with Crippen LogP contribution in [0.25, 0.3) is 0 Å². The van der Waals surface area contributed by atoms with Crippen molar-refractivity contribution in [2.75, 3.05) is 25.1 Å². The third-order valence-corrected chi connectivity index (χ3v) is 4.88. The summed E-state index contributed by atoms with van der Waals surface area (Å²) in [6.45, 7) is 2.08. The van der Waals surface area contributed by atoms with Gasteiger partial charge in [-0.25, -0.2) is 13.1 Å². The van der Waals surface area contributed by atoms with Gasteiger partial charge in [-0.05, 0) is 24.6 Å². The molecule has 1 rings (SSSR count). The predicted octanol–water partition coefficient (Wildman–Crippen LogP) is -0.0380. The second-order valence-electron chi connectivity index (χ2n) is 4.16. The van der Waals surface area contributed by atoms with Crippen molar-refractivity contribution in [3.8, 4) is 11.8 Å². The summed E-state index contributed by atoms with van der Waals surface area (Å²) >= 11 is 0. The molecule has 0 radical (unpaired) electrons. The SMILES string of the molecule is Cc1ccc(C#CCN)cc1S(=O)(=O)NCCS(C)=O. The van der Waals surface area contributed by atoms with E-state index in [0.29, 0.717) is 11.1 Å². The van der Waals surface area contributed by atoms with Crippen LogP contribution in [0, 0.1) is 18.8 Å². The number of hydrogen-bond acceptors (Lipinski definition) is 4. The topological polar surface area (TPSA) is 89.3 Å². The first-order valence-corrected chi connectivity index (χ1v) is 9.17. The Kier molecular flexibility index (Phi) is 6.36. The molecule has 3 N–H and O–H groups in total. The van der Waals surface area contributed by atoms with Crippen molar-refractivity contribution in [3.63, 3.8) is 0 Å². The maximum absolute atomic E-state index is 12.2. The van der Waals surface area contributed by atoms with Crippen LogP contribution in [0.2, 0.25) is 0 Å². The summed E-state index contributed by atoms with van der Waals surface area (Å²) in [6, 6.07) is 4.97. The minimum atomic E-state index is -3.62. The van der Waals surface area contributed by atoms with Gasteiger partial charge in [-0.2, -0.15) is 0 Å². The number of nitrogens with one attached hydrogen (secondary N) is 1. The average molecular weight is 314 g/mol. The molecule has 7 heteroatoms. The summed E-state index contributed by atoms with van der Waals surface area (Å²) in [6.07, 6.45) is 1.53. The second-order valence-corrected chi connectivity index (χ2v) is 7.45. The van der Waals surface area contributed by atoms with E-state index in [9.17, 15) is 12.6 Å². The Morgan fingerprint density at radius 2 is 2.10 bits per heavy atom. The third-order valence-electron chi connectivity index (χ3n) is 2.49. The van der Waals surface area contributed by atoms with Gasteiger partial charge in [-0.15, -0.1) is 0 Å². The fourth-order valence-electron chi connectivity index (χ4n) is 1.52. The van der Waals surface area contributed by atoms with Crippen LogP contribution in [0.5, 0.6) is 0 Å². The Bertz CT molecular complexity index is 658. The first-order chi connectivity index (χ1) is 9.36. The summed E-state index contributed by atoms with van der Waals surface area (Å²) in [4.78, 5) is 0.184. The van der Waals surface area contributed by atoms with Crippen LogP contribution >= 0.6 is 0 Å². The van der Waals surface area contributed by atoms with Gasteiger partial charge in [-0.1, -0.05) is 17.9 Å². The van der Waals surface area contributed by atoms with E-state index >= 15 is 0 Å². The lowest BCUT2D eigenvalue weighted by Crippen LogP contribution is -2.28. The first kappa shape index (κ1) is 16.9. The average Bonchev–Trinajstić information content (AvgIpc) is 2.36. The molecule has 110 valence electrons. The van der Waals surface area contributed by atoms with Crippen molar-refractivity contribution >= 4 is 20.8 Å². The van der Waals surface area contributed by atoms with Gasteiger partial charge in [0.05, 0.1) is 11.4 Å². The molecule has 0 heterocycles. The summed E-state index contributed by atoms with van der Waals surface area (Å²) in [5.41, 5.74) is 6.52. The lowest BCUT2D eigenvalue weighted by Gasteiger charge is -2.09. The first-order valence-electron chi connectivity index (χ1n) is 5.96. The number of rotatable bonds is 5. The van der Waals surface area contributed by atoms with E-state index in [0.717, 1.165) is 0 Å². The van der Waals surface area contributed by atoms with Gasteiger partial charge in [0.1, 0.15) is 0 Å². The number of benzene rings is 1. The molecule has 1 atom stereocenters. The van der Waals surface area contributed by atoms with Crippen LogP contribution in [0.3, 0.4) is 0 Å². The fourth-order valence-corrected chi connectivity index (χ4v) is 3.34. The third kappa shape index (κ3) is 5.06. The highest BCUT2D eigenvalue weighted by atomic mass is 32.2. The van der Waals surface area contributed by atoms with Crippen LogP contribution in [-0.2, 0) is 20.8 Å². The molecule has 0 bridgehead atoms. The maximum Gasteiger partial charge on any atom is 0.240 e. The molecule has 0 aliphatic carbocycles. The summed E-state index contributed by atoms with van der Waals surface area (Å²) < 4.78 is 37.7. The van der Waals surface area contributed by atoms with Crippen molar-refractivity contribution in [2.24, 2.45) is 5.73 Å². The monoisotopic (exact) mass is 314 g/mol. The van der Waals surface area contributed by atoms with E-state index < -0.39 is 20.8 Å². The normalized spacial score (nSPS) is 12.6. The van der Waals surface area contributed by atoms with Crippen molar-refractivity contribution in [1.29, 1.82) is 0 Å². The van der Waals surface area contributed by atoms with Gasteiger partial charge in [0, 0.05) is 34.9 Å². The van der Waals surface area contributed by atoms with E-state index in [-0.39, 0.29) is 23.7 Å². The zero-order valence-electron chi connectivity index (χ0n) is 11.5. The molecule has 0 aliphatic rings. The van der Waals surface area contributed by atoms with Crippen LogP contribution in [-0.4, -0.2) is 37.7 Å². The molecule has 5 nitrogen and oxygen atoms in total. The molecular weight excluding hydrogens is 296 g/mol. The molecule has 0 saturated carbocycles. The Balaban J connectivity index is 3.01. The molecule has 0 aromatic heterocycles. The number of nitrogens with two attached hydrogens (primary N) is 1. The molecule has 1 aromatic carbocycles. The Morgan fingerprint density at radius 3 is 2.70 bits per heavy atom. The quantitative estimate of drug-likeness (QED) is 0.747. The van der Waals surface area contributed by atoms with Crippen molar-refractivity contribution in [1.82, 2.24) is 4.72 Å². The van der Waals surface area contributed by atoms with Crippen LogP contribution < -0.4 is 10.5 Å². The maximum atomic E-state index is 12.2. The summed E-state index contributed by atoms with van der Waals surface area (Å²) in [7, 11) is -4.65. The van der Waals surface area contributed by atoms with Gasteiger partial charge in [0.25, 0.3) is 0 Å². The number of sulfonamides is 1. The molecule has 0 spiro atoms. The molecule has 0 amide bonds. The van der Waals surface area contributed by atoms with Crippen molar-refractivity contribution < 1.29 is 12.6 Å². The minimum absolute atomic E-state index is 0.142. The van der Waals surface area contributed by atoms with Gasteiger partial charge < -0.3 is 5.73 Å². The molecule has 0 fully saturated rings. The van der Waals surface area contributed by atoms with Crippen LogP contribution in [0.15, 0.2) is 23.1 Å². The van der Waals surface area contributed by atoms with E-state index in [1.54, 1.807) is 19.1 Å². The van der Waals surface area contributed by atoms with Crippen molar-refractivity contribution in [3.05, 3.63) is 29.3 Å². The van der Waals surface area contributed by atoms with E-state index in [1.165, 1.54) is 12.3 Å². The molecule has 1 unspecified atom stereocenters. The largest absolute Gasteiger partial charge is 0.320 e. The van der Waals surface area contributed by atoms with Gasteiger partial charge in [0.2, 0.25) is 10.0 Å². The number of aryl methyl sites for hydroxylation is 1.